The summed E-state index contributed by atoms with van der Waals surface area (Å²) in [6.07, 6.45) is 4.28. The highest BCUT2D eigenvalue weighted by Gasteiger charge is 2.16. The van der Waals surface area contributed by atoms with Gasteiger partial charge in [0.05, 0.1) is 24.5 Å². The van der Waals surface area contributed by atoms with Crippen molar-refractivity contribution in [2.75, 3.05) is 12.4 Å². The Balaban J connectivity index is 1.71. The van der Waals surface area contributed by atoms with Gasteiger partial charge in [0.2, 0.25) is 0 Å². The zero-order valence-corrected chi connectivity index (χ0v) is 17.1. The Morgan fingerprint density at radius 3 is 2.76 bits per heavy atom. The summed E-state index contributed by atoms with van der Waals surface area (Å²) >= 11 is 3.25. The number of methoxy groups -OCH3 is 1. The molecule has 0 aliphatic rings. The van der Waals surface area contributed by atoms with Crippen molar-refractivity contribution in [3.8, 4) is 11.5 Å². The van der Waals surface area contributed by atoms with Crippen molar-refractivity contribution >= 4 is 38.3 Å². The third-order valence-corrected chi connectivity index (χ3v) is 4.71. The van der Waals surface area contributed by atoms with Crippen LogP contribution in [0.3, 0.4) is 0 Å². The molecule has 4 rings (SSSR count). The normalized spacial score (nSPS) is 12.0. The van der Waals surface area contributed by atoms with E-state index in [4.69, 9.17) is 9.47 Å². The second-order valence-electron chi connectivity index (χ2n) is 6.09. The summed E-state index contributed by atoms with van der Waals surface area (Å²) in [5.74, 6) is 1.02. The minimum Gasteiger partial charge on any atom is -0.493 e. The van der Waals surface area contributed by atoms with Crippen LogP contribution in [0.5, 0.6) is 11.5 Å². The third kappa shape index (κ3) is 3.97. The molecule has 1 atom stereocenters. The van der Waals surface area contributed by atoms with E-state index >= 15 is 0 Å². The highest BCUT2D eigenvalue weighted by atomic mass is 79.9. The van der Waals surface area contributed by atoms with Gasteiger partial charge in [0, 0.05) is 22.1 Å². The molecule has 1 unspecified atom stereocenters. The van der Waals surface area contributed by atoms with Crippen LogP contribution in [-0.4, -0.2) is 32.1 Å². The van der Waals surface area contributed by atoms with Gasteiger partial charge in [-0.25, -0.2) is 19.0 Å². The molecule has 0 fully saturated rings. The lowest BCUT2D eigenvalue weighted by Crippen LogP contribution is -2.13. The van der Waals surface area contributed by atoms with Crippen molar-refractivity contribution in [1.82, 2.24) is 25.0 Å². The molecule has 0 aliphatic heterocycles. The molecule has 148 valence electrons. The Kier molecular flexibility index (Phi) is 5.26. The maximum absolute atomic E-state index is 14.2. The van der Waals surface area contributed by atoms with Crippen molar-refractivity contribution in [2.45, 2.75) is 13.2 Å². The fourth-order valence-electron chi connectivity index (χ4n) is 2.78. The molecule has 2 aromatic heterocycles. The summed E-state index contributed by atoms with van der Waals surface area (Å²) in [5.41, 5.74) is 0.911. The van der Waals surface area contributed by atoms with Crippen LogP contribution in [0.2, 0.25) is 0 Å². The van der Waals surface area contributed by atoms with Gasteiger partial charge in [0.1, 0.15) is 18.0 Å². The van der Waals surface area contributed by atoms with Gasteiger partial charge in [0.15, 0.2) is 17.7 Å². The first-order valence-electron chi connectivity index (χ1n) is 8.62. The minimum atomic E-state index is -0.403. The number of anilines is 2. The van der Waals surface area contributed by atoms with Gasteiger partial charge >= 0.3 is 0 Å². The zero-order valence-electron chi connectivity index (χ0n) is 15.5. The largest absolute Gasteiger partial charge is 0.493 e. The molecule has 10 heteroatoms. The number of hydrogen-bond donors (Lipinski definition) is 1. The van der Waals surface area contributed by atoms with E-state index in [0.717, 1.165) is 0 Å². The second kappa shape index (κ2) is 8.00. The van der Waals surface area contributed by atoms with Crippen molar-refractivity contribution < 1.29 is 13.9 Å². The SMILES string of the molecule is COc1cc2c(Nc3ccc(Br)cc3F)ncnc2cc1OC(C)n1ccnn1. The molecule has 4 aromatic rings. The first-order chi connectivity index (χ1) is 14.0. The number of halogens is 2. The van der Waals surface area contributed by atoms with Crippen LogP contribution >= 0.6 is 15.9 Å². The first-order valence-corrected chi connectivity index (χ1v) is 9.41. The Morgan fingerprint density at radius 2 is 2.03 bits per heavy atom. The Bertz CT molecular complexity index is 1160. The Labute approximate surface area is 173 Å². The number of ether oxygens (including phenoxy) is 2. The molecule has 1 N–H and O–H groups in total. The summed E-state index contributed by atoms with van der Waals surface area (Å²) in [5, 5.41) is 11.4. The number of hydrogen-bond acceptors (Lipinski definition) is 7. The van der Waals surface area contributed by atoms with Crippen LogP contribution in [0.4, 0.5) is 15.9 Å². The molecule has 2 aromatic carbocycles. The number of rotatable bonds is 6. The number of fused-ring (bicyclic) bond motifs is 1. The lowest BCUT2D eigenvalue weighted by molar-refractivity contribution is 0.131. The monoisotopic (exact) mass is 458 g/mol. The van der Waals surface area contributed by atoms with E-state index in [-0.39, 0.29) is 0 Å². The molecule has 0 aliphatic carbocycles. The molecule has 0 radical (unpaired) electrons. The maximum atomic E-state index is 14.2. The van der Waals surface area contributed by atoms with Gasteiger partial charge in [-0.15, -0.1) is 5.10 Å². The van der Waals surface area contributed by atoms with E-state index in [1.54, 1.807) is 48.5 Å². The summed E-state index contributed by atoms with van der Waals surface area (Å²) in [7, 11) is 1.54. The minimum absolute atomic E-state index is 0.298. The van der Waals surface area contributed by atoms with Crippen LogP contribution in [0.15, 0.2) is 53.5 Å². The van der Waals surface area contributed by atoms with E-state index in [2.05, 4.69) is 41.5 Å². The van der Waals surface area contributed by atoms with Crippen LogP contribution in [0, 0.1) is 5.82 Å². The van der Waals surface area contributed by atoms with E-state index in [1.165, 1.54) is 12.4 Å². The smallest absolute Gasteiger partial charge is 0.190 e. The van der Waals surface area contributed by atoms with Crippen molar-refractivity contribution in [1.29, 1.82) is 0 Å². The third-order valence-electron chi connectivity index (χ3n) is 4.22. The van der Waals surface area contributed by atoms with Crippen molar-refractivity contribution in [3.05, 3.63) is 59.3 Å². The summed E-state index contributed by atoms with van der Waals surface area (Å²) in [4.78, 5) is 8.56. The summed E-state index contributed by atoms with van der Waals surface area (Å²) in [6.45, 7) is 1.83. The molecule has 2 heterocycles. The van der Waals surface area contributed by atoms with Gasteiger partial charge in [0.25, 0.3) is 0 Å². The summed E-state index contributed by atoms with van der Waals surface area (Å²) < 4.78 is 27.9. The van der Waals surface area contributed by atoms with Gasteiger partial charge in [-0.1, -0.05) is 21.1 Å². The van der Waals surface area contributed by atoms with Crippen LogP contribution in [0.25, 0.3) is 10.9 Å². The number of aromatic nitrogens is 5. The molecule has 0 spiro atoms. The quantitative estimate of drug-likeness (QED) is 0.455. The van der Waals surface area contributed by atoms with E-state index < -0.39 is 12.0 Å². The number of nitrogens with one attached hydrogen (secondary N) is 1. The summed E-state index contributed by atoms with van der Waals surface area (Å²) in [6, 6.07) is 8.24. The molecule has 0 saturated carbocycles. The molecular weight excluding hydrogens is 443 g/mol. The fourth-order valence-corrected chi connectivity index (χ4v) is 3.12. The van der Waals surface area contributed by atoms with Crippen molar-refractivity contribution in [2.24, 2.45) is 0 Å². The van der Waals surface area contributed by atoms with E-state index in [1.807, 2.05) is 6.92 Å². The number of benzene rings is 2. The average Bonchev–Trinajstić information content (AvgIpc) is 3.25. The Morgan fingerprint density at radius 1 is 1.17 bits per heavy atom. The highest BCUT2D eigenvalue weighted by molar-refractivity contribution is 9.10. The van der Waals surface area contributed by atoms with Gasteiger partial charge in [-0.2, -0.15) is 0 Å². The van der Waals surface area contributed by atoms with E-state index in [0.29, 0.717) is 38.4 Å². The highest BCUT2D eigenvalue weighted by Crippen LogP contribution is 2.36. The zero-order chi connectivity index (χ0) is 20.4. The standard InChI is InChI=1S/C19H16BrFN6O2/c1-11(27-6-5-24-26-27)29-18-9-16-13(8-17(18)28-2)19(23-10-22-16)25-15-4-3-12(20)7-14(15)21/h3-11H,1-2H3,(H,22,23,25). The lowest BCUT2D eigenvalue weighted by atomic mass is 10.2. The second-order valence-corrected chi connectivity index (χ2v) is 7.01. The molecule has 0 amide bonds. The molecule has 8 nitrogen and oxygen atoms in total. The average molecular weight is 459 g/mol. The predicted molar refractivity (Wildman–Crippen MR) is 109 cm³/mol. The molecular formula is C19H16BrFN6O2. The lowest BCUT2D eigenvalue weighted by Gasteiger charge is -2.18. The van der Waals surface area contributed by atoms with E-state index in [9.17, 15) is 4.39 Å². The van der Waals surface area contributed by atoms with Crippen LogP contribution in [-0.2, 0) is 0 Å². The molecule has 29 heavy (non-hydrogen) atoms. The van der Waals surface area contributed by atoms with Crippen LogP contribution < -0.4 is 14.8 Å². The van der Waals surface area contributed by atoms with Crippen molar-refractivity contribution in [3.63, 3.8) is 0 Å². The predicted octanol–water partition coefficient (Wildman–Crippen LogP) is 4.47. The Hall–Kier alpha value is -3.27. The van der Waals surface area contributed by atoms with Gasteiger partial charge < -0.3 is 14.8 Å². The first kappa shape index (κ1) is 19.1. The van der Waals surface area contributed by atoms with Crippen LogP contribution in [0.1, 0.15) is 13.2 Å². The maximum Gasteiger partial charge on any atom is 0.190 e. The molecule has 0 saturated heterocycles. The fraction of sp³-hybridized carbons (Fsp3) is 0.158. The topological polar surface area (TPSA) is 87.0 Å². The van der Waals surface area contributed by atoms with Gasteiger partial charge in [-0.3, -0.25) is 0 Å². The molecule has 0 bridgehead atoms. The number of nitrogens with zero attached hydrogens (tertiary/aromatic N) is 5. The van der Waals surface area contributed by atoms with Gasteiger partial charge in [-0.05, 0) is 31.2 Å².